The molecular weight excluding hydrogens is 288 g/mol. The Morgan fingerprint density at radius 3 is 2.81 bits per heavy atom. The fourth-order valence-electron chi connectivity index (χ4n) is 2.61. The van der Waals surface area contributed by atoms with Crippen molar-refractivity contribution in [2.75, 3.05) is 12.3 Å². The average molecular weight is 308 g/mol. The molecule has 5 nitrogen and oxygen atoms in total. The van der Waals surface area contributed by atoms with Crippen molar-refractivity contribution in [2.24, 2.45) is 0 Å². The number of aliphatic hydroxyl groups excluding tert-OH is 1. The predicted molar refractivity (Wildman–Crippen MR) is 79.5 cm³/mol. The smallest absolute Gasteiger partial charge is 0.179 e. The standard InChI is InChI=1S/C15H20N2O3S/c16-11-12-4-3-5-13(10-12)21(19,20)9-8-17-14-6-1-2-7-15(14)18/h3-5,10,14-15,17-18H,1-2,6-9H2. The van der Waals surface area contributed by atoms with E-state index in [1.54, 1.807) is 12.1 Å². The molecule has 1 saturated carbocycles. The van der Waals surface area contributed by atoms with Crippen molar-refractivity contribution in [3.63, 3.8) is 0 Å². The summed E-state index contributed by atoms with van der Waals surface area (Å²) in [5.41, 5.74) is 0.340. The van der Waals surface area contributed by atoms with Gasteiger partial charge in [-0.2, -0.15) is 5.26 Å². The van der Waals surface area contributed by atoms with Crippen LogP contribution in [0.1, 0.15) is 31.2 Å². The summed E-state index contributed by atoms with van der Waals surface area (Å²) in [5, 5.41) is 21.8. The van der Waals surface area contributed by atoms with E-state index in [1.165, 1.54) is 12.1 Å². The monoisotopic (exact) mass is 308 g/mol. The van der Waals surface area contributed by atoms with Gasteiger partial charge < -0.3 is 10.4 Å². The second kappa shape index (κ2) is 7.03. The summed E-state index contributed by atoms with van der Waals surface area (Å²) in [6.07, 6.45) is 3.35. The van der Waals surface area contributed by atoms with Crippen molar-refractivity contribution in [2.45, 2.75) is 42.7 Å². The summed E-state index contributed by atoms with van der Waals surface area (Å²) in [6.45, 7) is 0.306. The molecule has 2 rings (SSSR count). The number of nitriles is 1. The first-order chi connectivity index (χ1) is 10.0. The molecule has 1 aromatic rings. The first-order valence-corrected chi connectivity index (χ1v) is 8.82. The number of aliphatic hydroxyl groups is 1. The summed E-state index contributed by atoms with van der Waals surface area (Å²) >= 11 is 0. The second-order valence-corrected chi connectivity index (χ2v) is 7.48. The Kier molecular flexibility index (Phi) is 5.34. The number of rotatable bonds is 5. The van der Waals surface area contributed by atoms with E-state index in [4.69, 9.17) is 5.26 Å². The molecule has 0 aromatic heterocycles. The Balaban J connectivity index is 1.93. The van der Waals surface area contributed by atoms with E-state index in [0.717, 1.165) is 25.7 Å². The van der Waals surface area contributed by atoms with Crippen LogP contribution in [0, 0.1) is 11.3 Å². The van der Waals surface area contributed by atoms with Gasteiger partial charge in [0, 0.05) is 12.6 Å². The summed E-state index contributed by atoms with van der Waals surface area (Å²) in [4.78, 5) is 0.174. The zero-order valence-electron chi connectivity index (χ0n) is 11.8. The highest BCUT2D eigenvalue weighted by Crippen LogP contribution is 2.18. The summed E-state index contributed by atoms with van der Waals surface area (Å²) in [7, 11) is -3.41. The highest BCUT2D eigenvalue weighted by atomic mass is 32.2. The van der Waals surface area contributed by atoms with Crippen molar-refractivity contribution in [1.29, 1.82) is 5.26 Å². The van der Waals surface area contributed by atoms with Gasteiger partial charge in [0.2, 0.25) is 0 Å². The molecule has 2 N–H and O–H groups in total. The van der Waals surface area contributed by atoms with E-state index < -0.39 is 9.84 Å². The van der Waals surface area contributed by atoms with Crippen LogP contribution >= 0.6 is 0 Å². The third-order valence-corrected chi connectivity index (χ3v) is 5.54. The predicted octanol–water partition coefficient (Wildman–Crippen LogP) is 1.23. The molecule has 0 radical (unpaired) electrons. The molecule has 21 heavy (non-hydrogen) atoms. The zero-order chi connectivity index (χ0) is 15.3. The lowest BCUT2D eigenvalue weighted by Crippen LogP contribution is -2.43. The number of nitrogens with zero attached hydrogens (tertiary/aromatic N) is 1. The third kappa shape index (κ3) is 4.27. The van der Waals surface area contributed by atoms with Gasteiger partial charge in [0.1, 0.15) is 0 Å². The third-order valence-electron chi connectivity index (χ3n) is 3.83. The summed E-state index contributed by atoms with van der Waals surface area (Å²) in [6, 6.07) is 7.98. The van der Waals surface area contributed by atoms with Gasteiger partial charge in [0.25, 0.3) is 0 Å². The van der Waals surface area contributed by atoms with E-state index in [1.807, 2.05) is 6.07 Å². The molecule has 0 spiro atoms. The first-order valence-electron chi connectivity index (χ1n) is 7.17. The van der Waals surface area contributed by atoms with Crippen LogP contribution in [-0.2, 0) is 9.84 Å². The van der Waals surface area contributed by atoms with Crippen LogP contribution in [0.5, 0.6) is 0 Å². The molecule has 0 aliphatic heterocycles. The Hall–Kier alpha value is -1.42. The minimum absolute atomic E-state index is 0.0145. The Morgan fingerprint density at radius 2 is 2.10 bits per heavy atom. The van der Waals surface area contributed by atoms with E-state index in [2.05, 4.69) is 5.32 Å². The van der Waals surface area contributed by atoms with Crippen LogP contribution in [0.3, 0.4) is 0 Å². The van der Waals surface area contributed by atoms with Gasteiger partial charge in [0.05, 0.1) is 28.4 Å². The number of hydrogen-bond donors (Lipinski definition) is 2. The average Bonchev–Trinajstić information content (AvgIpc) is 2.49. The lowest BCUT2D eigenvalue weighted by molar-refractivity contribution is 0.0921. The Labute approximate surface area is 125 Å². The maximum Gasteiger partial charge on any atom is 0.179 e. The van der Waals surface area contributed by atoms with Gasteiger partial charge in [-0.1, -0.05) is 18.9 Å². The maximum atomic E-state index is 12.2. The van der Waals surface area contributed by atoms with Gasteiger partial charge in [-0.25, -0.2) is 8.42 Å². The van der Waals surface area contributed by atoms with Gasteiger partial charge in [0.15, 0.2) is 9.84 Å². The van der Waals surface area contributed by atoms with E-state index in [0.29, 0.717) is 12.1 Å². The molecule has 2 atom stereocenters. The topological polar surface area (TPSA) is 90.2 Å². The Bertz CT molecular complexity index is 622. The normalized spacial score (nSPS) is 22.7. The van der Waals surface area contributed by atoms with Gasteiger partial charge >= 0.3 is 0 Å². The maximum absolute atomic E-state index is 12.2. The van der Waals surface area contributed by atoms with Crippen LogP contribution in [0.15, 0.2) is 29.2 Å². The minimum atomic E-state index is -3.41. The van der Waals surface area contributed by atoms with Crippen molar-refractivity contribution in [3.05, 3.63) is 29.8 Å². The van der Waals surface area contributed by atoms with E-state index >= 15 is 0 Å². The molecule has 0 amide bonds. The van der Waals surface area contributed by atoms with Gasteiger partial charge in [-0.05, 0) is 31.0 Å². The number of sulfone groups is 1. The van der Waals surface area contributed by atoms with Crippen molar-refractivity contribution >= 4 is 9.84 Å². The van der Waals surface area contributed by atoms with E-state index in [9.17, 15) is 13.5 Å². The number of nitrogens with one attached hydrogen (secondary N) is 1. The number of benzene rings is 1. The summed E-state index contributed by atoms with van der Waals surface area (Å²) < 4.78 is 24.4. The fourth-order valence-corrected chi connectivity index (χ4v) is 3.82. The largest absolute Gasteiger partial charge is 0.392 e. The molecule has 1 aliphatic carbocycles. The van der Waals surface area contributed by atoms with Crippen LogP contribution in [0.4, 0.5) is 0 Å². The minimum Gasteiger partial charge on any atom is -0.392 e. The van der Waals surface area contributed by atoms with Crippen LogP contribution in [0.25, 0.3) is 0 Å². The van der Waals surface area contributed by atoms with Crippen LogP contribution in [0.2, 0.25) is 0 Å². The van der Waals surface area contributed by atoms with E-state index in [-0.39, 0.29) is 22.8 Å². The van der Waals surface area contributed by atoms with Crippen molar-refractivity contribution in [1.82, 2.24) is 5.32 Å². The molecule has 2 unspecified atom stereocenters. The zero-order valence-corrected chi connectivity index (χ0v) is 12.6. The fraction of sp³-hybridized carbons (Fsp3) is 0.533. The molecule has 0 heterocycles. The molecule has 0 saturated heterocycles. The SMILES string of the molecule is N#Cc1cccc(S(=O)(=O)CCNC2CCCCC2O)c1. The van der Waals surface area contributed by atoms with Gasteiger partial charge in [-0.15, -0.1) is 0 Å². The number of hydrogen-bond acceptors (Lipinski definition) is 5. The molecule has 1 aliphatic rings. The molecular formula is C15H20N2O3S. The highest BCUT2D eigenvalue weighted by Gasteiger charge is 2.23. The molecule has 1 aromatic carbocycles. The Morgan fingerprint density at radius 1 is 1.33 bits per heavy atom. The molecule has 6 heteroatoms. The van der Waals surface area contributed by atoms with Crippen LogP contribution in [-0.4, -0.2) is 38.0 Å². The lowest BCUT2D eigenvalue weighted by Gasteiger charge is -2.28. The highest BCUT2D eigenvalue weighted by molar-refractivity contribution is 7.91. The van der Waals surface area contributed by atoms with Crippen molar-refractivity contribution in [3.8, 4) is 6.07 Å². The van der Waals surface area contributed by atoms with Crippen molar-refractivity contribution < 1.29 is 13.5 Å². The second-order valence-electron chi connectivity index (χ2n) is 5.37. The first kappa shape index (κ1) is 16.0. The molecule has 114 valence electrons. The lowest BCUT2D eigenvalue weighted by atomic mass is 9.93. The van der Waals surface area contributed by atoms with Crippen LogP contribution < -0.4 is 5.32 Å². The summed E-state index contributed by atoms with van der Waals surface area (Å²) in [5.74, 6) is -0.0366. The molecule has 1 fully saturated rings. The van der Waals surface area contributed by atoms with Gasteiger partial charge in [-0.3, -0.25) is 0 Å². The molecule has 0 bridgehead atoms. The quantitative estimate of drug-likeness (QED) is 0.853.